The van der Waals surface area contributed by atoms with Gasteiger partial charge in [0.05, 0.1) is 22.7 Å². The van der Waals surface area contributed by atoms with Crippen LogP contribution < -0.4 is 17.2 Å². The van der Waals surface area contributed by atoms with E-state index in [1.807, 2.05) is 13.8 Å². The fourth-order valence-corrected chi connectivity index (χ4v) is 1.26. The molecule has 0 spiro atoms. The van der Waals surface area contributed by atoms with Gasteiger partial charge in [-0.25, -0.2) is 0 Å². The number of aliphatic imine (C=N–C) groups is 1. The molecule has 0 bridgehead atoms. The highest BCUT2D eigenvalue weighted by Gasteiger charge is 2.12. The average Bonchev–Trinajstić information content (AvgIpc) is 2.13. The molecule has 0 saturated carbocycles. The maximum absolute atomic E-state index is 5.74. The van der Waals surface area contributed by atoms with Crippen molar-refractivity contribution in [3.8, 4) is 0 Å². The lowest BCUT2D eigenvalue weighted by atomic mass is 10.0. The summed E-state index contributed by atoms with van der Waals surface area (Å²) < 4.78 is 0. The summed E-state index contributed by atoms with van der Waals surface area (Å²) in [6, 6.07) is 0. The molecule has 0 unspecified atom stereocenters. The molecule has 0 atom stereocenters. The summed E-state index contributed by atoms with van der Waals surface area (Å²) in [5, 5.41) is 0. The van der Waals surface area contributed by atoms with Crippen molar-refractivity contribution in [2.24, 2.45) is 4.99 Å². The lowest BCUT2D eigenvalue weighted by Gasteiger charge is -2.13. The van der Waals surface area contributed by atoms with Crippen LogP contribution >= 0.6 is 0 Å². The summed E-state index contributed by atoms with van der Waals surface area (Å²) in [7, 11) is 0. The summed E-state index contributed by atoms with van der Waals surface area (Å²) >= 11 is 0. The number of rotatable bonds is 1. The molecule has 6 N–H and O–H groups in total. The Kier molecular flexibility index (Phi) is 2.14. The van der Waals surface area contributed by atoms with E-state index in [1.54, 1.807) is 0 Å². The predicted octanol–water partition coefficient (Wildman–Crippen LogP) is 1.38. The first-order valence-electron chi connectivity index (χ1n) is 3.91. The van der Waals surface area contributed by atoms with Gasteiger partial charge in [-0.15, -0.1) is 0 Å². The van der Waals surface area contributed by atoms with Gasteiger partial charge in [0.25, 0.3) is 0 Å². The lowest BCUT2D eigenvalue weighted by Crippen LogP contribution is -2.04. The molecular formula is C9H14N4. The van der Waals surface area contributed by atoms with Crippen molar-refractivity contribution in [3.63, 3.8) is 0 Å². The summed E-state index contributed by atoms with van der Waals surface area (Å²) in [5.41, 5.74) is 21.0. The first kappa shape index (κ1) is 9.38. The molecule has 0 radical (unpaired) electrons. The Labute approximate surface area is 77.4 Å². The van der Waals surface area contributed by atoms with Crippen LogP contribution in [0, 0.1) is 13.8 Å². The normalized spacial score (nSPS) is 10.0. The maximum Gasteiger partial charge on any atom is 0.0906 e. The van der Waals surface area contributed by atoms with Crippen LogP contribution in [0.25, 0.3) is 0 Å². The molecular weight excluding hydrogens is 164 g/mol. The third-order valence-electron chi connectivity index (χ3n) is 2.32. The van der Waals surface area contributed by atoms with Crippen LogP contribution in [0.15, 0.2) is 4.99 Å². The Hall–Kier alpha value is -1.71. The smallest absolute Gasteiger partial charge is 0.0906 e. The second-order valence-corrected chi connectivity index (χ2v) is 3.00. The third-order valence-corrected chi connectivity index (χ3v) is 2.32. The van der Waals surface area contributed by atoms with Gasteiger partial charge in [-0.2, -0.15) is 0 Å². The van der Waals surface area contributed by atoms with Gasteiger partial charge in [0.15, 0.2) is 0 Å². The fraction of sp³-hybridized carbons (Fsp3) is 0.222. The van der Waals surface area contributed by atoms with Gasteiger partial charge in [0.2, 0.25) is 0 Å². The molecule has 70 valence electrons. The molecule has 0 aliphatic heterocycles. The Morgan fingerprint density at radius 3 is 1.92 bits per heavy atom. The highest BCUT2D eigenvalue weighted by Crippen LogP contribution is 2.38. The number of anilines is 3. The van der Waals surface area contributed by atoms with E-state index in [0.29, 0.717) is 22.7 Å². The van der Waals surface area contributed by atoms with E-state index in [0.717, 1.165) is 11.1 Å². The van der Waals surface area contributed by atoms with E-state index >= 15 is 0 Å². The Morgan fingerprint density at radius 2 is 1.46 bits per heavy atom. The monoisotopic (exact) mass is 178 g/mol. The topological polar surface area (TPSA) is 90.4 Å². The van der Waals surface area contributed by atoms with Gasteiger partial charge in [0.1, 0.15) is 0 Å². The maximum atomic E-state index is 5.74. The summed E-state index contributed by atoms with van der Waals surface area (Å²) in [4.78, 5) is 3.82. The van der Waals surface area contributed by atoms with Crippen molar-refractivity contribution in [1.82, 2.24) is 0 Å². The van der Waals surface area contributed by atoms with Gasteiger partial charge in [-0.3, -0.25) is 4.99 Å². The van der Waals surface area contributed by atoms with Crippen LogP contribution in [0.4, 0.5) is 22.7 Å². The van der Waals surface area contributed by atoms with Gasteiger partial charge >= 0.3 is 0 Å². The zero-order valence-electron chi connectivity index (χ0n) is 7.89. The van der Waals surface area contributed by atoms with Crippen molar-refractivity contribution >= 4 is 29.5 Å². The molecule has 13 heavy (non-hydrogen) atoms. The number of hydrogen-bond acceptors (Lipinski definition) is 4. The Bertz CT molecular complexity index is 339. The highest BCUT2D eigenvalue weighted by molar-refractivity contribution is 5.90. The molecule has 0 fully saturated rings. The minimum absolute atomic E-state index is 0.394. The van der Waals surface area contributed by atoms with E-state index in [4.69, 9.17) is 17.2 Å². The number of benzene rings is 1. The standard InChI is InChI=1S/C9H14N4/c1-4-5(2)9(13-3)8(12)7(11)6(4)10/h3,10-12H2,1-2H3. The molecule has 1 rings (SSSR count). The molecule has 0 saturated heterocycles. The number of nitrogens with two attached hydrogens (primary N) is 3. The summed E-state index contributed by atoms with van der Waals surface area (Å²) in [6.45, 7) is 7.22. The van der Waals surface area contributed by atoms with Crippen molar-refractivity contribution in [2.75, 3.05) is 17.2 Å². The second kappa shape index (κ2) is 2.97. The molecule has 0 heterocycles. The van der Waals surface area contributed by atoms with Gasteiger partial charge in [-0.1, -0.05) is 0 Å². The zero-order valence-corrected chi connectivity index (χ0v) is 7.89. The highest BCUT2D eigenvalue weighted by atomic mass is 14.8. The molecule has 4 nitrogen and oxygen atoms in total. The number of nitrogen functional groups attached to an aromatic ring is 3. The van der Waals surface area contributed by atoms with Gasteiger partial charge in [0, 0.05) is 0 Å². The van der Waals surface area contributed by atoms with Crippen LogP contribution in [0.3, 0.4) is 0 Å². The largest absolute Gasteiger partial charge is 0.397 e. The van der Waals surface area contributed by atoms with E-state index in [-0.39, 0.29) is 0 Å². The minimum Gasteiger partial charge on any atom is -0.397 e. The van der Waals surface area contributed by atoms with Crippen LogP contribution in [-0.4, -0.2) is 6.72 Å². The number of hydrogen-bond donors (Lipinski definition) is 3. The number of nitrogens with zero attached hydrogens (tertiary/aromatic N) is 1. The average molecular weight is 178 g/mol. The van der Waals surface area contributed by atoms with E-state index in [1.165, 1.54) is 0 Å². The van der Waals surface area contributed by atoms with E-state index in [9.17, 15) is 0 Å². The van der Waals surface area contributed by atoms with Gasteiger partial charge < -0.3 is 17.2 Å². The Balaban J connectivity index is 3.66. The first-order valence-corrected chi connectivity index (χ1v) is 3.91. The lowest BCUT2D eigenvalue weighted by molar-refractivity contribution is 1.32. The van der Waals surface area contributed by atoms with Crippen LogP contribution in [-0.2, 0) is 0 Å². The summed E-state index contributed by atoms with van der Waals surface area (Å²) in [6.07, 6.45) is 0. The molecule has 1 aromatic carbocycles. The molecule has 1 aromatic rings. The molecule has 0 aromatic heterocycles. The fourth-order valence-electron chi connectivity index (χ4n) is 1.26. The molecule has 0 amide bonds. The SMILES string of the molecule is C=Nc1c(C)c(C)c(N)c(N)c1N. The third kappa shape index (κ3) is 1.20. The zero-order chi connectivity index (χ0) is 10.2. The minimum atomic E-state index is 0.394. The van der Waals surface area contributed by atoms with Crippen molar-refractivity contribution in [2.45, 2.75) is 13.8 Å². The van der Waals surface area contributed by atoms with Crippen LogP contribution in [0.1, 0.15) is 11.1 Å². The molecule has 0 aliphatic carbocycles. The second-order valence-electron chi connectivity index (χ2n) is 3.00. The molecule has 4 heteroatoms. The van der Waals surface area contributed by atoms with Crippen molar-refractivity contribution in [1.29, 1.82) is 0 Å². The predicted molar refractivity (Wildman–Crippen MR) is 58.4 cm³/mol. The van der Waals surface area contributed by atoms with E-state index in [2.05, 4.69) is 11.7 Å². The Morgan fingerprint density at radius 1 is 0.923 bits per heavy atom. The first-order chi connectivity index (χ1) is 6.00. The van der Waals surface area contributed by atoms with Crippen molar-refractivity contribution < 1.29 is 0 Å². The van der Waals surface area contributed by atoms with Crippen molar-refractivity contribution in [3.05, 3.63) is 11.1 Å². The van der Waals surface area contributed by atoms with Crippen LogP contribution in [0.5, 0.6) is 0 Å². The summed E-state index contributed by atoms with van der Waals surface area (Å²) in [5.74, 6) is 0. The van der Waals surface area contributed by atoms with Gasteiger partial charge in [-0.05, 0) is 31.7 Å². The quantitative estimate of drug-likeness (QED) is 0.448. The van der Waals surface area contributed by atoms with Crippen LogP contribution in [0.2, 0.25) is 0 Å². The van der Waals surface area contributed by atoms with E-state index < -0.39 is 0 Å². The molecule has 0 aliphatic rings.